The van der Waals surface area contributed by atoms with E-state index >= 15 is 0 Å². The smallest absolute Gasteiger partial charge is 0.147 e. The molecular formula is C66H41N3O2. The van der Waals surface area contributed by atoms with Crippen LogP contribution in [0.3, 0.4) is 0 Å². The van der Waals surface area contributed by atoms with Crippen molar-refractivity contribution in [3.05, 3.63) is 249 Å². The van der Waals surface area contributed by atoms with Crippen molar-refractivity contribution >= 4 is 105 Å². The minimum Gasteiger partial charge on any atom is -0.456 e. The average molecular weight is 908 g/mol. The summed E-state index contributed by atoms with van der Waals surface area (Å²) >= 11 is 0. The number of para-hydroxylation sites is 4. The molecule has 0 aliphatic rings. The molecule has 5 nitrogen and oxygen atoms in total. The molecule has 4 heterocycles. The molecule has 0 amide bonds. The predicted molar refractivity (Wildman–Crippen MR) is 295 cm³/mol. The quantitative estimate of drug-likeness (QED) is 0.160. The van der Waals surface area contributed by atoms with Crippen molar-refractivity contribution in [3.63, 3.8) is 0 Å². The van der Waals surface area contributed by atoms with Gasteiger partial charge in [0.1, 0.15) is 22.3 Å². The zero-order chi connectivity index (χ0) is 46.6. The van der Waals surface area contributed by atoms with Crippen LogP contribution < -0.4 is 4.90 Å². The van der Waals surface area contributed by atoms with Crippen molar-refractivity contribution in [1.29, 1.82) is 0 Å². The molecule has 0 aliphatic heterocycles. The van der Waals surface area contributed by atoms with Crippen molar-refractivity contribution in [3.8, 4) is 33.6 Å². The number of hydrogen-bond donors (Lipinski definition) is 0. The third kappa shape index (κ3) is 6.13. The van der Waals surface area contributed by atoms with Crippen LogP contribution in [0.4, 0.5) is 17.1 Å². The number of benzene rings is 11. The summed E-state index contributed by atoms with van der Waals surface area (Å²) in [6, 6.07) is 89.2. The lowest BCUT2D eigenvalue weighted by Crippen LogP contribution is -2.10. The molecule has 0 saturated carbocycles. The summed E-state index contributed by atoms with van der Waals surface area (Å²) in [5.41, 5.74) is 17.9. The zero-order valence-corrected chi connectivity index (χ0v) is 38.3. The molecule has 0 N–H and O–H groups in total. The second kappa shape index (κ2) is 15.5. The molecule has 0 saturated heterocycles. The van der Waals surface area contributed by atoms with Gasteiger partial charge >= 0.3 is 0 Å². The number of furan rings is 2. The molecule has 0 aliphatic carbocycles. The Labute approximate surface area is 407 Å². The second-order valence-electron chi connectivity index (χ2n) is 18.5. The maximum absolute atomic E-state index is 6.89. The molecule has 11 aromatic carbocycles. The van der Waals surface area contributed by atoms with E-state index in [0.717, 1.165) is 94.5 Å². The normalized spacial score (nSPS) is 11.9. The van der Waals surface area contributed by atoms with Crippen LogP contribution >= 0.6 is 0 Å². The number of fused-ring (bicyclic) bond motifs is 13. The highest BCUT2D eigenvalue weighted by molar-refractivity contribution is 6.23. The van der Waals surface area contributed by atoms with E-state index in [4.69, 9.17) is 8.83 Å². The molecule has 71 heavy (non-hydrogen) atoms. The first-order valence-electron chi connectivity index (χ1n) is 24.1. The van der Waals surface area contributed by atoms with E-state index in [1.165, 1.54) is 43.7 Å². The fourth-order valence-corrected chi connectivity index (χ4v) is 11.2. The van der Waals surface area contributed by atoms with Crippen LogP contribution in [-0.4, -0.2) is 9.13 Å². The van der Waals surface area contributed by atoms with Crippen molar-refractivity contribution < 1.29 is 8.83 Å². The Morgan fingerprint density at radius 1 is 0.268 bits per heavy atom. The minimum atomic E-state index is 0.788. The van der Waals surface area contributed by atoms with Crippen LogP contribution in [0.25, 0.3) is 121 Å². The third-order valence-electron chi connectivity index (χ3n) is 14.5. The minimum absolute atomic E-state index is 0.788. The van der Waals surface area contributed by atoms with E-state index in [0.29, 0.717) is 0 Å². The molecule has 0 radical (unpaired) electrons. The fourth-order valence-electron chi connectivity index (χ4n) is 11.2. The molecular weight excluding hydrogens is 867 g/mol. The van der Waals surface area contributed by atoms with E-state index < -0.39 is 0 Å². The van der Waals surface area contributed by atoms with Crippen molar-refractivity contribution in [2.24, 2.45) is 0 Å². The van der Waals surface area contributed by atoms with Gasteiger partial charge in [-0.05, 0) is 131 Å². The zero-order valence-electron chi connectivity index (χ0n) is 38.3. The van der Waals surface area contributed by atoms with Gasteiger partial charge in [-0.15, -0.1) is 0 Å². The van der Waals surface area contributed by atoms with Gasteiger partial charge in [-0.3, -0.25) is 0 Å². The molecule has 332 valence electrons. The molecule has 0 unspecified atom stereocenters. The fraction of sp³-hybridized carbons (Fsp3) is 0. The van der Waals surface area contributed by atoms with Crippen molar-refractivity contribution in [2.75, 3.05) is 4.90 Å². The highest BCUT2D eigenvalue weighted by Gasteiger charge is 2.22. The van der Waals surface area contributed by atoms with Gasteiger partial charge in [0.05, 0.1) is 27.5 Å². The number of nitrogens with zero attached hydrogens (tertiary/aromatic N) is 3. The van der Waals surface area contributed by atoms with Gasteiger partial charge in [0.25, 0.3) is 0 Å². The first kappa shape index (κ1) is 39.4. The van der Waals surface area contributed by atoms with Gasteiger partial charge in [0.2, 0.25) is 0 Å². The molecule has 5 heteroatoms. The number of rotatable bonds is 7. The first-order valence-corrected chi connectivity index (χ1v) is 24.1. The largest absolute Gasteiger partial charge is 0.456 e. The van der Waals surface area contributed by atoms with Crippen LogP contribution in [0.15, 0.2) is 258 Å². The summed E-state index contributed by atoms with van der Waals surface area (Å²) in [7, 11) is 0. The lowest BCUT2D eigenvalue weighted by Gasteiger charge is -2.26. The van der Waals surface area contributed by atoms with Gasteiger partial charge in [0, 0.05) is 66.1 Å². The average Bonchev–Trinajstić information content (AvgIpc) is 4.19. The standard InChI is InChI=1S/C66H41N3O2/c1-4-14-42(15-5-1)43-24-28-48(29-25-43)67(50-30-33-54-52-21-11-13-23-59(52)69(61(54)41-50)47-18-8-3-9-19-47)49-31-36-63-57(40-49)65-64(70-63)37-34-55-56-38-44(27-35-62(56)71-66(55)65)45-26-32-53-51-20-10-12-22-58(51)68(60(53)39-45)46-16-6-2-7-17-46/h1-41H. The van der Waals surface area contributed by atoms with Gasteiger partial charge in [-0.25, -0.2) is 0 Å². The Bertz CT molecular complexity index is 4560. The van der Waals surface area contributed by atoms with Crippen LogP contribution in [-0.2, 0) is 0 Å². The maximum atomic E-state index is 6.89. The van der Waals surface area contributed by atoms with Crippen molar-refractivity contribution in [2.45, 2.75) is 0 Å². The van der Waals surface area contributed by atoms with Crippen LogP contribution in [0.5, 0.6) is 0 Å². The lowest BCUT2D eigenvalue weighted by molar-refractivity contribution is 0.663. The molecule has 0 spiro atoms. The summed E-state index contributed by atoms with van der Waals surface area (Å²) in [6.45, 7) is 0. The van der Waals surface area contributed by atoms with Gasteiger partial charge in [-0.1, -0.05) is 140 Å². The first-order chi connectivity index (χ1) is 35.2. The number of hydrogen-bond acceptors (Lipinski definition) is 3. The Morgan fingerprint density at radius 2 is 0.732 bits per heavy atom. The number of aromatic nitrogens is 2. The second-order valence-corrected chi connectivity index (χ2v) is 18.5. The topological polar surface area (TPSA) is 39.4 Å². The summed E-state index contributed by atoms with van der Waals surface area (Å²) in [5.74, 6) is 0. The van der Waals surface area contributed by atoms with E-state index in [1.807, 2.05) is 0 Å². The maximum Gasteiger partial charge on any atom is 0.147 e. The molecule has 0 atom stereocenters. The Balaban J connectivity index is 0.897. The summed E-state index contributed by atoms with van der Waals surface area (Å²) in [4.78, 5) is 2.36. The third-order valence-corrected chi connectivity index (χ3v) is 14.5. The Kier molecular flexibility index (Phi) is 8.59. The van der Waals surface area contributed by atoms with Crippen LogP contribution in [0, 0.1) is 0 Å². The molecule has 4 aromatic heterocycles. The van der Waals surface area contributed by atoms with E-state index in [9.17, 15) is 0 Å². The molecule has 15 rings (SSSR count). The van der Waals surface area contributed by atoms with E-state index in [-0.39, 0.29) is 0 Å². The van der Waals surface area contributed by atoms with Gasteiger partial charge in [-0.2, -0.15) is 0 Å². The van der Waals surface area contributed by atoms with Crippen LogP contribution in [0.1, 0.15) is 0 Å². The lowest BCUT2D eigenvalue weighted by atomic mass is 10.0. The Morgan fingerprint density at radius 3 is 1.44 bits per heavy atom. The summed E-state index contributed by atoms with van der Waals surface area (Å²) < 4.78 is 18.3. The Hall–Kier alpha value is -9.58. The van der Waals surface area contributed by atoms with Crippen molar-refractivity contribution in [1.82, 2.24) is 9.13 Å². The predicted octanol–water partition coefficient (Wildman–Crippen LogP) is 18.5. The molecule has 0 bridgehead atoms. The van der Waals surface area contributed by atoms with Gasteiger partial charge < -0.3 is 22.9 Å². The monoisotopic (exact) mass is 907 g/mol. The SMILES string of the molecule is c1ccc(-c2ccc(N(c3ccc4oc5ccc6c7cc(-c8ccc9c%10ccccc%10n(-c%10ccccc%10)c9c8)ccc7oc6c5c4c3)c3ccc4c5ccccc5n(-c5ccccc5)c4c3)cc2)cc1. The van der Waals surface area contributed by atoms with E-state index in [2.05, 4.69) is 263 Å². The summed E-state index contributed by atoms with van der Waals surface area (Å²) in [6.07, 6.45) is 0. The van der Waals surface area contributed by atoms with Gasteiger partial charge in [0.15, 0.2) is 0 Å². The number of anilines is 3. The molecule has 15 aromatic rings. The highest BCUT2D eigenvalue weighted by atomic mass is 16.3. The van der Waals surface area contributed by atoms with Crippen LogP contribution in [0.2, 0.25) is 0 Å². The summed E-state index contributed by atoms with van der Waals surface area (Å²) in [5, 5.41) is 8.97. The highest BCUT2D eigenvalue weighted by Crippen LogP contribution is 2.45. The molecule has 0 fully saturated rings. The van der Waals surface area contributed by atoms with E-state index in [1.54, 1.807) is 0 Å².